The Balaban J connectivity index is 2.93. The van der Waals surface area contributed by atoms with Crippen molar-refractivity contribution in [3.05, 3.63) is 29.6 Å². The fraction of sp³-hybridized carbons (Fsp3) is 0.500. The van der Waals surface area contributed by atoms with Gasteiger partial charge >= 0.3 is 0 Å². The second-order valence-electron chi connectivity index (χ2n) is 4.27. The molecule has 1 atom stereocenters. The van der Waals surface area contributed by atoms with E-state index >= 15 is 0 Å². The zero-order valence-corrected chi connectivity index (χ0v) is 12.7. The van der Waals surface area contributed by atoms with Crippen molar-refractivity contribution in [3.8, 4) is 0 Å². The van der Waals surface area contributed by atoms with E-state index in [1.54, 1.807) is 18.7 Å². The Morgan fingerprint density at radius 2 is 2.16 bits per heavy atom. The molecule has 0 aliphatic heterocycles. The summed E-state index contributed by atoms with van der Waals surface area (Å²) in [6.07, 6.45) is 2.64. The van der Waals surface area contributed by atoms with E-state index in [4.69, 9.17) is 5.73 Å². The van der Waals surface area contributed by atoms with E-state index in [2.05, 4.69) is 4.72 Å². The summed E-state index contributed by atoms with van der Waals surface area (Å²) < 4.78 is 40.3. The number of nitrogens with two attached hydrogens (primary N) is 1. The summed E-state index contributed by atoms with van der Waals surface area (Å²) in [6, 6.07) is 3.65. The Morgan fingerprint density at radius 3 is 2.74 bits per heavy atom. The molecule has 19 heavy (non-hydrogen) atoms. The standard InChI is InChI=1S/C12H19FN2O2S2/c1-9(5-6-18-2)15-19(16,17)12-7-10(8-14)3-4-11(12)13/h3-4,7,9,15H,5-6,8,14H2,1-2H3. The van der Waals surface area contributed by atoms with Crippen LogP contribution in [-0.2, 0) is 16.6 Å². The average Bonchev–Trinajstić information content (AvgIpc) is 2.36. The van der Waals surface area contributed by atoms with Gasteiger partial charge in [0.15, 0.2) is 0 Å². The van der Waals surface area contributed by atoms with Crippen LogP contribution in [0.25, 0.3) is 0 Å². The van der Waals surface area contributed by atoms with Crippen LogP contribution in [-0.4, -0.2) is 26.5 Å². The van der Waals surface area contributed by atoms with Gasteiger partial charge in [-0.1, -0.05) is 6.07 Å². The van der Waals surface area contributed by atoms with Gasteiger partial charge in [-0.25, -0.2) is 17.5 Å². The molecule has 0 fully saturated rings. The molecular formula is C12H19FN2O2S2. The SMILES string of the molecule is CSCCC(C)NS(=O)(=O)c1cc(CN)ccc1F. The molecule has 0 spiro atoms. The molecule has 1 aromatic carbocycles. The maximum atomic E-state index is 13.6. The summed E-state index contributed by atoms with van der Waals surface area (Å²) in [4.78, 5) is -0.341. The van der Waals surface area contributed by atoms with Gasteiger partial charge in [0.25, 0.3) is 0 Å². The van der Waals surface area contributed by atoms with E-state index in [-0.39, 0.29) is 17.5 Å². The number of nitrogens with one attached hydrogen (secondary N) is 1. The van der Waals surface area contributed by atoms with E-state index in [0.29, 0.717) is 12.0 Å². The summed E-state index contributed by atoms with van der Waals surface area (Å²) in [6.45, 7) is 1.93. The predicted octanol–water partition coefficient (Wildman–Crippen LogP) is 1.70. The number of hydrogen-bond acceptors (Lipinski definition) is 4. The lowest BCUT2D eigenvalue weighted by molar-refractivity contribution is 0.540. The van der Waals surface area contributed by atoms with Crippen LogP contribution >= 0.6 is 11.8 Å². The number of thioether (sulfide) groups is 1. The molecule has 7 heteroatoms. The van der Waals surface area contributed by atoms with E-state index < -0.39 is 15.8 Å². The van der Waals surface area contributed by atoms with Crippen molar-refractivity contribution in [2.24, 2.45) is 5.73 Å². The van der Waals surface area contributed by atoms with Crippen LogP contribution in [0.1, 0.15) is 18.9 Å². The molecule has 1 rings (SSSR count). The van der Waals surface area contributed by atoms with Gasteiger partial charge in [0.2, 0.25) is 10.0 Å². The van der Waals surface area contributed by atoms with Crippen LogP contribution in [0.3, 0.4) is 0 Å². The van der Waals surface area contributed by atoms with Crippen molar-refractivity contribution in [3.63, 3.8) is 0 Å². The maximum absolute atomic E-state index is 13.6. The van der Waals surface area contributed by atoms with Gasteiger partial charge in [-0.15, -0.1) is 0 Å². The molecule has 0 aliphatic carbocycles. The maximum Gasteiger partial charge on any atom is 0.243 e. The third-order valence-corrected chi connectivity index (χ3v) is 4.88. The molecule has 4 nitrogen and oxygen atoms in total. The zero-order chi connectivity index (χ0) is 14.5. The fourth-order valence-corrected chi connectivity index (χ4v) is 3.56. The molecule has 0 radical (unpaired) electrons. The summed E-state index contributed by atoms with van der Waals surface area (Å²) in [5.74, 6) is 0.0800. The average molecular weight is 306 g/mol. The van der Waals surface area contributed by atoms with Crippen LogP contribution in [0.5, 0.6) is 0 Å². The molecule has 1 unspecified atom stereocenters. The first-order valence-corrected chi connectivity index (χ1v) is 8.78. The molecule has 3 N–H and O–H groups in total. The third kappa shape index (κ3) is 4.76. The van der Waals surface area contributed by atoms with Crippen molar-refractivity contribution in [2.45, 2.75) is 30.8 Å². The van der Waals surface area contributed by atoms with Crippen molar-refractivity contribution in [1.82, 2.24) is 4.72 Å². The molecule has 108 valence electrons. The lowest BCUT2D eigenvalue weighted by Crippen LogP contribution is -2.33. The molecule has 0 heterocycles. The van der Waals surface area contributed by atoms with Gasteiger partial charge in [0, 0.05) is 12.6 Å². The smallest absolute Gasteiger partial charge is 0.243 e. The Bertz CT molecular complexity index is 520. The summed E-state index contributed by atoms with van der Waals surface area (Å²) in [7, 11) is -3.84. The Morgan fingerprint density at radius 1 is 1.47 bits per heavy atom. The normalized spacial score (nSPS) is 13.5. The summed E-state index contributed by atoms with van der Waals surface area (Å²) in [5, 5.41) is 0. The van der Waals surface area contributed by atoms with Crippen molar-refractivity contribution in [1.29, 1.82) is 0 Å². The van der Waals surface area contributed by atoms with E-state index in [0.717, 1.165) is 11.8 Å². The number of hydrogen-bond donors (Lipinski definition) is 2. The second-order valence-corrected chi connectivity index (χ2v) is 6.94. The molecule has 0 saturated carbocycles. The minimum Gasteiger partial charge on any atom is -0.326 e. The molecule has 0 amide bonds. The topological polar surface area (TPSA) is 72.2 Å². The Hall–Kier alpha value is -0.630. The fourth-order valence-electron chi connectivity index (χ4n) is 1.56. The van der Waals surface area contributed by atoms with Gasteiger partial charge in [-0.3, -0.25) is 0 Å². The Labute approximate surface area is 118 Å². The highest BCUT2D eigenvalue weighted by Crippen LogP contribution is 2.17. The monoisotopic (exact) mass is 306 g/mol. The van der Waals surface area contributed by atoms with E-state index in [9.17, 15) is 12.8 Å². The van der Waals surface area contributed by atoms with E-state index in [1.807, 2.05) is 6.26 Å². The minimum absolute atomic E-state index is 0.171. The largest absolute Gasteiger partial charge is 0.326 e. The number of rotatable bonds is 7. The number of sulfonamides is 1. The molecule has 0 aliphatic rings. The third-order valence-electron chi connectivity index (χ3n) is 2.63. The summed E-state index contributed by atoms with van der Waals surface area (Å²) in [5.41, 5.74) is 6.02. The molecule has 0 bridgehead atoms. The van der Waals surface area contributed by atoms with E-state index in [1.165, 1.54) is 12.1 Å². The predicted molar refractivity (Wildman–Crippen MR) is 77.1 cm³/mol. The van der Waals surface area contributed by atoms with Crippen molar-refractivity contribution >= 4 is 21.8 Å². The zero-order valence-electron chi connectivity index (χ0n) is 11.0. The molecule has 0 aromatic heterocycles. The first-order chi connectivity index (χ1) is 8.90. The van der Waals surface area contributed by atoms with Gasteiger partial charge < -0.3 is 5.73 Å². The van der Waals surface area contributed by atoms with Gasteiger partial charge in [-0.05, 0) is 43.0 Å². The van der Waals surface area contributed by atoms with Gasteiger partial charge in [-0.2, -0.15) is 11.8 Å². The van der Waals surface area contributed by atoms with Crippen LogP contribution in [0.4, 0.5) is 4.39 Å². The van der Waals surface area contributed by atoms with Crippen LogP contribution in [0.2, 0.25) is 0 Å². The molecular weight excluding hydrogens is 287 g/mol. The highest BCUT2D eigenvalue weighted by molar-refractivity contribution is 7.98. The number of benzene rings is 1. The highest BCUT2D eigenvalue weighted by Gasteiger charge is 2.21. The molecule has 0 saturated heterocycles. The van der Waals surface area contributed by atoms with Crippen molar-refractivity contribution in [2.75, 3.05) is 12.0 Å². The lowest BCUT2D eigenvalue weighted by atomic mass is 10.2. The minimum atomic E-state index is -3.84. The first-order valence-electron chi connectivity index (χ1n) is 5.90. The lowest BCUT2D eigenvalue weighted by Gasteiger charge is -2.14. The highest BCUT2D eigenvalue weighted by atomic mass is 32.2. The van der Waals surface area contributed by atoms with Crippen LogP contribution in [0.15, 0.2) is 23.1 Å². The quantitative estimate of drug-likeness (QED) is 0.804. The van der Waals surface area contributed by atoms with Crippen LogP contribution < -0.4 is 10.5 Å². The van der Waals surface area contributed by atoms with Crippen LogP contribution in [0, 0.1) is 5.82 Å². The first kappa shape index (κ1) is 16.4. The second kappa shape index (κ2) is 7.23. The van der Waals surface area contributed by atoms with Crippen molar-refractivity contribution < 1.29 is 12.8 Å². The summed E-state index contributed by atoms with van der Waals surface area (Å²) >= 11 is 1.64. The molecule has 1 aromatic rings. The Kier molecular flexibility index (Phi) is 6.25. The number of halogens is 1. The van der Waals surface area contributed by atoms with Gasteiger partial charge in [0.1, 0.15) is 10.7 Å². The van der Waals surface area contributed by atoms with Gasteiger partial charge in [0.05, 0.1) is 0 Å².